The molecule has 316 valence electrons. The molecule has 2 fully saturated rings. The van der Waals surface area contributed by atoms with Gasteiger partial charge in [0.15, 0.2) is 12.1 Å². The normalized spacial score (nSPS) is 16.3. The van der Waals surface area contributed by atoms with Crippen LogP contribution in [0.25, 0.3) is 0 Å². The van der Waals surface area contributed by atoms with Gasteiger partial charge in [-0.05, 0) is 58.6 Å². The van der Waals surface area contributed by atoms with Gasteiger partial charge in [-0.1, -0.05) is 60.7 Å². The first-order valence-corrected chi connectivity index (χ1v) is 18.9. The molecule has 0 saturated carbocycles. The quantitative estimate of drug-likeness (QED) is 0.175. The summed E-state index contributed by atoms with van der Waals surface area (Å²) in [6, 6.07) is 14.0. The number of hydrogen-bond acceptors (Lipinski definition) is 13. The monoisotopic (exact) mass is 812 g/mol. The number of nitrogens with zero attached hydrogens (tertiary/aromatic N) is 4. The standard InChI is InChI=1S/C22H30N2O7.C18H22N2O7/c1-5-29-18(25)12-9-13-23-14-17(19(26)31-22(2,3)4)24(20(23)27)21(28)30-15-16-10-7-6-8-11-16;1-2-26-15(21)9-6-10-19-11-14(16(22)23)20(17(19)24)18(25)27-12-13-7-4-3-5-8-13/h6-8,10-11,17H,5,9,12-15H2,1-4H3;3-5,7-8,14H,2,6,9-12H2,1H3,(H,22,23)/t17-;14-/m00/s1. The number of benzene rings is 2. The zero-order valence-electron chi connectivity index (χ0n) is 33.5. The molecule has 18 nitrogen and oxygen atoms in total. The molecule has 2 aliphatic heterocycles. The molecule has 2 aromatic rings. The first-order valence-electron chi connectivity index (χ1n) is 18.9. The maximum Gasteiger partial charge on any atom is 0.419 e. The Labute approximate surface area is 336 Å². The molecule has 2 aromatic carbocycles. The van der Waals surface area contributed by atoms with Crippen molar-refractivity contribution in [3.8, 4) is 0 Å². The summed E-state index contributed by atoms with van der Waals surface area (Å²) in [5.41, 5.74) is 0.690. The Bertz CT molecular complexity index is 1730. The van der Waals surface area contributed by atoms with Gasteiger partial charge in [0.2, 0.25) is 0 Å². The van der Waals surface area contributed by atoms with E-state index in [0.29, 0.717) is 17.7 Å². The zero-order chi connectivity index (χ0) is 42.8. The highest BCUT2D eigenvalue weighted by Crippen LogP contribution is 2.23. The minimum atomic E-state index is -1.33. The van der Waals surface area contributed by atoms with Crippen molar-refractivity contribution >= 4 is 48.1 Å². The topological polar surface area (TPSA) is 216 Å². The number of carbonyl (C=O) groups is 8. The van der Waals surface area contributed by atoms with Gasteiger partial charge in [0.1, 0.15) is 18.8 Å². The zero-order valence-corrected chi connectivity index (χ0v) is 33.5. The molecule has 0 bridgehead atoms. The number of hydrogen-bond donors (Lipinski definition) is 1. The smallest absolute Gasteiger partial charge is 0.419 e. The Morgan fingerprint density at radius 1 is 0.638 bits per heavy atom. The van der Waals surface area contributed by atoms with Crippen molar-refractivity contribution in [1.82, 2.24) is 19.6 Å². The first-order chi connectivity index (χ1) is 27.6. The molecular formula is C40H52N4O14. The molecule has 6 amide bonds. The lowest BCUT2D eigenvalue weighted by Gasteiger charge is -2.24. The van der Waals surface area contributed by atoms with E-state index in [1.54, 1.807) is 83.1 Å². The highest BCUT2D eigenvalue weighted by molar-refractivity contribution is 5.99. The lowest BCUT2D eigenvalue weighted by atomic mass is 10.2. The molecule has 0 aliphatic carbocycles. The van der Waals surface area contributed by atoms with E-state index in [0.717, 1.165) is 16.0 Å². The second-order valence-electron chi connectivity index (χ2n) is 14.0. The molecule has 0 unspecified atom stereocenters. The van der Waals surface area contributed by atoms with Crippen molar-refractivity contribution in [2.75, 3.05) is 39.4 Å². The average Bonchev–Trinajstić information content (AvgIpc) is 3.69. The number of carboxylic acid groups (broad SMARTS) is 1. The number of imide groups is 2. The van der Waals surface area contributed by atoms with Gasteiger partial charge >= 0.3 is 48.1 Å². The molecule has 1 N–H and O–H groups in total. The molecule has 0 spiro atoms. The number of amides is 6. The summed E-state index contributed by atoms with van der Waals surface area (Å²) in [6.07, 6.45) is -1.04. The van der Waals surface area contributed by atoms with Gasteiger partial charge in [-0.2, -0.15) is 0 Å². The van der Waals surface area contributed by atoms with Crippen LogP contribution in [0.15, 0.2) is 60.7 Å². The van der Waals surface area contributed by atoms with Gasteiger partial charge in [-0.15, -0.1) is 0 Å². The lowest BCUT2D eigenvalue weighted by molar-refractivity contribution is -0.159. The van der Waals surface area contributed by atoms with Gasteiger partial charge < -0.3 is 38.6 Å². The maximum absolute atomic E-state index is 12.9. The Morgan fingerprint density at radius 3 is 1.41 bits per heavy atom. The predicted molar refractivity (Wildman–Crippen MR) is 204 cm³/mol. The first kappa shape index (κ1) is 46.2. The van der Waals surface area contributed by atoms with Crippen LogP contribution in [0.1, 0.15) is 71.4 Å². The number of aliphatic carboxylic acids is 1. The van der Waals surface area contributed by atoms with E-state index < -0.39 is 59.8 Å². The van der Waals surface area contributed by atoms with Crippen molar-refractivity contribution < 1.29 is 67.1 Å². The largest absolute Gasteiger partial charge is 0.480 e. The second kappa shape index (κ2) is 22.5. The Kier molecular flexibility index (Phi) is 17.9. The van der Waals surface area contributed by atoms with Gasteiger partial charge in [0, 0.05) is 25.9 Å². The van der Waals surface area contributed by atoms with E-state index in [-0.39, 0.29) is 71.4 Å². The summed E-state index contributed by atoms with van der Waals surface area (Å²) >= 11 is 0. The highest BCUT2D eigenvalue weighted by atomic mass is 16.6. The molecule has 18 heteroatoms. The molecule has 4 rings (SSSR count). The fourth-order valence-corrected chi connectivity index (χ4v) is 5.70. The van der Waals surface area contributed by atoms with Crippen molar-refractivity contribution in [2.24, 2.45) is 0 Å². The summed E-state index contributed by atoms with van der Waals surface area (Å²) in [5.74, 6) is -2.74. The second-order valence-corrected chi connectivity index (χ2v) is 14.0. The van der Waals surface area contributed by atoms with Crippen LogP contribution < -0.4 is 0 Å². The fourth-order valence-electron chi connectivity index (χ4n) is 5.70. The third-order valence-electron chi connectivity index (χ3n) is 8.36. The highest BCUT2D eigenvalue weighted by Gasteiger charge is 2.48. The minimum absolute atomic E-state index is 0.0307. The Hall–Kier alpha value is -6.20. The third kappa shape index (κ3) is 14.4. The van der Waals surface area contributed by atoms with Crippen LogP contribution in [0.2, 0.25) is 0 Å². The van der Waals surface area contributed by atoms with Gasteiger partial charge in [-0.25, -0.2) is 38.6 Å². The maximum atomic E-state index is 12.9. The van der Waals surface area contributed by atoms with Crippen molar-refractivity contribution in [3.63, 3.8) is 0 Å². The van der Waals surface area contributed by atoms with E-state index in [1.165, 1.54) is 9.80 Å². The van der Waals surface area contributed by atoms with E-state index >= 15 is 0 Å². The third-order valence-corrected chi connectivity index (χ3v) is 8.36. The molecule has 58 heavy (non-hydrogen) atoms. The molecule has 0 radical (unpaired) electrons. The number of ether oxygens (including phenoxy) is 5. The molecule has 2 heterocycles. The van der Waals surface area contributed by atoms with Crippen LogP contribution in [0.4, 0.5) is 19.2 Å². The number of esters is 3. The van der Waals surface area contributed by atoms with E-state index in [4.69, 9.17) is 23.7 Å². The van der Waals surface area contributed by atoms with Crippen LogP contribution >= 0.6 is 0 Å². The summed E-state index contributed by atoms with van der Waals surface area (Å²) in [4.78, 5) is 101. The van der Waals surface area contributed by atoms with E-state index in [2.05, 4.69) is 0 Å². The predicted octanol–water partition coefficient (Wildman–Crippen LogP) is 4.97. The average molecular weight is 813 g/mol. The fraction of sp³-hybridized carbons (Fsp3) is 0.500. The molecule has 2 atom stereocenters. The van der Waals surface area contributed by atoms with Crippen molar-refractivity contribution in [3.05, 3.63) is 71.8 Å². The van der Waals surface area contributed by atoms with Crippen molar-refractivity contribution in [1.29, 1.82) is 0 Å². The number of rotatable bonds is 16. The van der Waals surface area contributed by atoms with Gasteiger partial charge in [-0.3, -0.25) is 9.59 Å². The van der Waals surface area contributed by atoms with Gasteiger partial charge in [0.25, 0.3) is 0 Å². The lowest BCUT2D eigenvalue weighted by Crippen LogP contribution is -2.46. The number of carbonyl (C=O) groups excluding carboxylic acids is 7. The number of urea groups is 2. The Morgan fingerprint density at radius 2 is 1.03 bits per heavy atom. The molecular weight excluding hydrogens is 760 g/mol. The summed E-state index contributed by atoms with van der Waals surface area (Å²) < 4.78 is 25.4. The summed E-state index contributed by atoms with van der Waals surface area (Å²) in [6.45, 7) is 9.12. The van der Waals surface area contributed by atoms with E-state index in [9.17, 15) is 43.5 Å². The Balaban J connectivity index is 0.000000313. The summed E-state index contributed by atoms with van der Waals surface area (Å²) in [7, 11) is 0. The van der Waals surface area contributed by atoms with Crippen LogP contribution in [-0.4, -0.2) is 130 Å². The van der Waals surface area contributed by atoms with E-state index in [1.807, 2.05) is 12.1 Å². The molecule has 2 aliphatic rings. The minimum Gasteiger partial charge on any atom is -0.480 e. The van der Waals surface area contributed by atoms with Gasteiger partial charge in [0.05, 0.1) is 26.3 Å². The molecule has 0 aromatic heterocycles. The molecule has 2 saturated heterocycles. The SMILES string of the molecule is CCOC(=O)CCCN1C[C@@H](C(=O)O)N(C(=O)OCc2ccccc2)C1=O.CCOC(=O)CCCN1C[C@@H](C(=O)OC(C)(C)C)N(C(=O)OCc2ccccc2)C1=O. The van der Waals surface area contributed by atoms with Crippen LogP contribution in [-0.2, 0) is 56.1 Å². The summed E-state index contributed by atoms with van der Waals surface area (Å²) in [5, 5.41) is 9.33. The van der Waals surface area contributed by atoms with Crippen LogP contribution in [0.5, 0.6) is 0 Å². The van der Waals surface area contributed by atoms with Crippen LogP contribution in [0.3, 0.4) is 0 Å². The van der Waals surface area contributed by atoms with Crippen molar-refractivity contribution in [2.45, 2.75) is 91.2 Å². The number of carboxylic acids is 1. The van der Waals surface area contributed by atoms with Crippen LogP contribution in [0, 0.1) is 0 Å².